The van der Waals surface area contributed by atoms with Crippen molar-refractivity contribution in [2.45, 2.75) is 96.9 Å². The third kappa shape index (κ3) is 16.9. The molecule has 0 aromatic carbocycles. The molecule has 5 N–H and O–H groups in total. The van der Waals surface area contributed by atoms with Crippen molar-refractivity contribution in [1.29, 1.82) is 0 Å². The predicted octanol–water partition coefficient (Wildman–Crippen LogP) is 3.47. The van der Waals surface area contributed by atoms with Crippen LogP contribution in [0.2, 0.25) is 0 Å². The van der Waals surface area contributed by atoms with Crippen LogP contribution in [0.15, 0.2) is 4.99 Å². The van der Waals surface area contributed by atoms with E-state index in [0.29, 0.717) is 13.0 Å². The Hall–Kier alpha value is -1.26. The standard InChI is InChI=1S/C18H38N4O/c1-3-4-5-6-7-8-9-10-11-14-17(23)22-16(2)13-12-15-21-18(19)20/h16H,3-15H2,1-2H3,(H,22,23)(H4,19,20,21). The molecule has 0 aromatic heterocycles. The van der Waals surface area contributed by atoms with E-state index in [2.05, 4.69) is 17.2 Å². The Balaban J connectivity index is 3.40. The molecule has 0 spiro atoms. The third-order valence-electron chi connectivity index (χ3n) is 4.00. The summed E-state index contributed by atoms with van der Waals surface area (Å²) in [6.07, 6.45) is 13.9. The molecule has 0 saturated heterocycles. The zero-order valence-corrected chi connectivity index (χ0v) is 15.3. The van der Waals surface area contributed by atoms with E-state index in [-0.39, 0.29) is 17.9 Å². The maximum atomic E-state index is 11.8. The second-order valence-corrected chi connectivity index (χ2v) is 6.50. The fourth-order valence-corrected chi connectivity index (χ4v) is 2.62. The average Bonchev–Trinajstić information content (AvgIpc) is 2.49. The molecular formula is C18H38N4O. The van der Waals surface area contributed by atoms with Gasteiger partial charge in [-0.15, -0.1) is 0 Å². The highest BCUT2D eigenvalue weighted by atomic mass is 16.1. The van der Waals surface area contributed by atoms with Crippen molar-refractivity contribution in [3.05, 3.63) is 0 Å². The van der Waals surface area contributed by atoms with Gasteiger partial charge in [0.25, 0.3) is 0 Å². The van der Waals surface area contributed by atoms with E-state index in [4.69, 9.17) is 11.5 Å². The number of hydrogen-bond acceptors (Lipinski definition) is 2. The largest absolute Gasteiger partial charge is 0.370 e. The number of carbonyl (C=O) groups is 1. The first kappa shape index (κ1) is 21.7. The van der Waals surface area contributed by atoms with Crippen molar-refractivity contribution < 1.29 is 4.79 Å². The summed E-state index contributed by atoms with van der Waals surface area (Å²) < 4.78 is 0. The van der Waals surface area contributed by atoms with Crippen LogP contribution >= 0.6 is 0 Å². The zero-order valence-electron chi connectivity index (χ0n) is 15.3. The molecule has 1 atom stereocenters. The number of carbonyl (C=O) groups excluding carboxylic acids is 1. The summed E-state index contributed by atoms with van der Waals surface area (Å²) in [5.41, 5.74) is 10.5. The second kappa shape index (κ2) is 15.6. The van der Waals surface area contributed by atoms with Gasteiger partial charge in [0, 0.05) is 19.0 Å². The molecule has 0 fully saturated rings. The number of nitrogens with zero attached hydrogens (tertiary/aromatic N) is 1. The van der Waals surface area contributed by atoms with E-state index in [9.17, 15) is 4.79 Å². The second-order valence-electron chi connectivity index (χ2n) is 6.50. The maximum Gasteiger partial charge on any atom is 0.220 e. The number of rotatable bonds is 15. The van der Waals surface area contributed by atoms with E-state index >= 15 is 0 Å². The van der Waals surface area contributed by atoms with Crippen LogP contribution in [-0.2, 0) is 4.79 Å². The first-order valence-electron chi connectivity index (χ1n) is 9.41. The van der Waals surface area contributed by atoms with Crippen LogP contribution in [0, 0.1) is 0 Å². The third-order valence-corrected chi connectivity index (χ3v) is 4.00. The minimum Gasteiger partial charge on any atom is -0.370 e. The smallest absolute Gasteiger partial charge is 0.220 e. The highest BCUT2D eigenvalue weighted by Crippen LogP contribution is 2.10. The van der Waals surface area contributed by atoms with Crippen molar-refractivity contribution in [2.75, 3.05) is 6.54 Å². The van der Waals surface area contributed by atoms with Gasteiger partial charge in [0.05, 0.1) is 0 Å². The fourth-order valence-electron chi connectivity index (χ4n) is 2.62. The summed E-state index contributed by atoms with van der Waals surface area (Å²) in [5, 5.41) is 3.04. The number of unbranched alkanes of at least 4 members (excludes halogenated alkanes) is 8. The van der Waals surface area contributed by atoms with Crippen LogP contribution < -0.4 is 16.8 Å². The van der Waals surface area contributed by atoms with Gasteiger partial charge in [-0.25, -0.2) is 0 Å². The summed E-state index contributed by atoms with van der Waals surface area (Å²) in [6.45, 7) is 4.90. The molecule has 0 aromatic rings. The van der Waals surface area contributed by atoms with Crippen molar-refractivity contribution in [1.82, 2.24) is 5.32 Å². The van der Waals surface area contributed by atoms with Crippen LogP contribution in [0.3, 0.4) is 0 Å². The molecule has 1 unspecified atom stereocenters. The van der Waals surface area contributed by atoms with Crippen LogP contribution in [0.1, 0.15) is 90.9 Å². The van der Waals surface area contributed by atoms with Crippen molar-refractivity contribution in [2.24, 2.45) is 16.5 Å². The van der Waals surface area contributed by atoms with E-state index in [1.165, 1.54) is 51.4 Å². The number of aliphatic imine (C=N–C) groups is 1. The van der Waals surface area contributed by atoms with E-state index in [1.54, 1.807) is 0 Å². The first-order chi connectivity index (χ1) is 11.1. The topological polar surface area (TPSA) is 93.5 Å². The van der Waals surface area contributed by atoms with Crippen LogP contribution in [0.4, 0.5) is 0 Å². The summed E-state index contributed by atoms with van der Waals surface area (Å²) >= 11 is 0. The highest BCUT2D eigenvalue weighted by molar-refractivity contribution is 5.76. The zero-order chi connectivity index (χ0) is 17.3. The Morgan fingerprint density at radius 2 is 1.52 bits per heavy atom. The lowest BCUT2D eigenvalue weighted by atomic mass is 10.1. The van der Waals surface area contributed by atoms with E-state index in [1.807, 2.05) is 6.92 Å². The van der Waals surface area contributed by atoms with E-state index in [0.717, 1.165) is 19.3 Å². The highest BCUT2D eigenvalue weighted by Gasteiger charge is 2.06. The number of nitrogens with one attached hydrogen (secondary N) is 1. The van der Waals surface area contributed by atoms with Gasteiger partial charge in [0.15, 0.2) is 5.96 Å². The first-order valence-corrected chi connectivity index (χ1v) is 9.41. The molecule has 5 nitrogen and oxygen atoms in total. The van der Waals surface area contributed by atoms with Crippen LogP contribution in [0.5, 0.6) is 0 Å². The lowest BCUT2D eigenvalue weighted by molar-refractivity contribution is -0.121. The number of amides is 1. The molecule has 23 heavy (non-hydrogen) atoms. The summed E-state index contributed by atoms with van der Waals surface area (Å²) in [7, 11) is 0. The molecule has 0 saturated carbocycles. The lowest BCUT2D eigenvalue weighted by Crippen LogP contribution is -2.32. The number of nitrogens with two attached hydrogens (primary N) is 2. The predicted molar refractivity (Wildman–Crippen MR) is 99.4 cm³/mol. The lowest BCUT2D eigenvalue weighted by Gasteiger charge is -2.13. The van der Waals surface area contributed by atoms with Gasteiger partial charge in [-0.2, -0.15) is 0 Å². The summed E-state index contributed by atoms with van der Waals surface area (Å²) in [5.74, 6) is 0.300. The van der Waals surface area contributed by atoms with Crippen molar-refractivity contribution in [3.63, 3.8) is 0 Å². The van der Waals surface area contributed by atoms with Gasteiger partial charge in [-0.3, -0.25) is 9.79 Å². The quantitative estimate of drug-likeness (QED) is 0.244. The van der Waals surface area contributed by atoms with Gasteiger partial charge in [-0.1, -0.05) is 58.3 Å². The van der Waals surface area contributed by atoms with Gasteiger partial charge in [0.2, 0.25) is 5.91 Å². The molecular weight excluding hydrogens is 288 g/mol. The van der Waals surface area contributed by atoms with Crippen LogP contribution in [0.25, 0.3) is 0 Å². The normalized spacial score (nSPS) is 11.9. The van der Waals surface area contributed by atoms with Gasteiger partial charge in [0.1, 0.15) is 0 Å². The molecule has 0 aliphatic heterocycles. The minimum atomic E-state index is 0.132. The monoisotopic (exact) mass is 326 g/mol. The summed E-state index contributed by atoms with van der Waals surface area (Å²) in [4.78, 5) is 15.8. The Morgan fingerprint density at radius 3 is 2.09 bits per heavy atom. The Morgan fingerprint density at radius 1 is 0.957 bits per heavy atom. The SMILES string of the molecule is CCCCCCCCCCCC(=O)NC(C)CCCN=C(N)N. The van der Waals surface area contributed by atoms with Crippen molar-refractivity contribution >= 4 is 11.9 Å². The molecule has 0 radical (unpaired) electrons. The average molecular weight is 327 g/mol. The molecule has 136 valence electrons. The maximum absolute atomic E-state index is 11.8. The Labute approximate surface area is 142 Å². The molecule has 5 heteroatoms. The molecule has 0 heterocycles. The van der Waals surface area contributed by atoms with Crippen LogP contribution in [-0.4, -0.2) is 24.5 Å². The van der Waals surface area contributed by atoms with Crippen molar-refractivity contribution in [3.8, 4) is 0 Å². The van der Waals surface area contributed by atoms with Gasteiger partial charge >= 0.3 is 0 Å². The molecule has 0 rings (SSSR count). The van der Waals surface area contributed by atoms with E-state index < -0.39 is 0 Å². The molecule has 0 aliphatic rings. The Bertz CT molecular complexity index is 314. The van der Waals surface area contributed by atoms with Gasteiger partial charge < -0.3 is 16.8 Å². The molecule has 0 aliphatic carbocycles. The minimum absolute atomic E-state index is 0.132. The Kier molecular flexibility index (Phi) is 14.8. The fraction of sp³-hybridized carbons (Fsp3) is 0.889. The number of guanidine groups is 1. The molecule has 1 amide bonds. The van der Waals surface area contributed by atoms with Gasteiger partial charge in [-0.05, 0) is 26.2 Å². The molecule has 0 bridgehead atoms. The summed E-state index contributed by atoms with van der Waals surface area (Å²) in [6, 6.07) is 0.190. The number of hydrogen-bond donors (Lipinski definition) is 3.